The molecule has 6 heteroatoms. The van der Waals surface area contributed by atoms with E-state index in [9.17, 15) is 14.0 Å². The van der Waals surface area contributed by atoms with Gasteiger partial charge >= 0.3 is 5.97 Å². The lowest BCUT2D eigenvalue weighted by molar-refractivity contribution is -0.142. The Morgan fingerprint density at radius 2 is 2.00 bits per heavy atom. The summed E-state index contributed by atoms with van der Waals surface area (Å²) in [5, 5.41) is 9.15. The van der Waals surface area contributed by atoms with Crippen LogP contribution < -0.4 is 4.74 Å². The predicted molar refractivity (Wildman–Crippen MR) is 73.4 cm³/mol. The number of hydrogen-bond acceptors (Lipinski definition) is 3. The van der Waals surface area contributed by atoms with Gasteiger partial charge in [0.2, 0.25) is 0 Å². The summed E-state index contributed by atoms with van der Waals surface area (Å²) in [5.74, 6) is -2.89. The first-order chi connectivity index (χ1) is 9.45. The van der Waals surface area contributed by atoms with Gasteiger partial charge in [-0.05, 0) is 34.8 Å². The molecule has 1 saturated carbocycles. The first kappa shape index (κ1) is 15.0. The normalized spacial score (nSPS) is 21.8. The van der Waals surface area contributed by atoms with Crippen LogP contribution in [0.15, 0.2) is 16.6 Å². The molecule has 0 spiro atoms. The number of carboxylic acids is 1. The van der Waals surface area contributed by atoms with Crippen molar-refractivity contribution in [3.63, 3.8) is 0 Å². The molecule has 1 aliphatic rings. The van der Waals surface area contributed by atoms with Crippen molar-refractivity contribution in [3.8, 4) is 5.75 Å². The number of halogens is 2. The highest BCUT2D eigenvalue weighted by molar-refractivity contribution is 9.10. The van der Waals surface area contributed by atoms with Gasteiger partial charge in [0, 0.05) is 12.0 Å². The molecule has 0 heterocycles. The third-order valence-electron chi connectivity index (χ3n) is 3.68. The lowest BCUT2D eigenvalue weighted by Gasteiger charge is -2.16. The first-order valence-electron chi connectivity index (χ1n) is 6.25. The van der Waals surface area contributed by atoms with Gasteiger partial charge in [-0.2, -0.15) is 0 Å². The maximum atomic E-state index is 13.5. The molecule has 1 N–H and O–H groups in total. The Labute approximate surface area is 124 Å². The Kier molecular flexibility index (Phi) is 4.42. The van der Waals surface area contributed by atoms with Crippen molar-refractivity contribution >= 4 is 27.7 Å². The lowest BCUT2D eigenvalue weighted by atomic mass is 9.88. The van der Waals surface area contributed by atoms with Crippen molar-refractivity contribution < 1.29 is 23.8 Å². The molecular formula is C14H14BrFO4. The number of Topliss-reactive ketones (excluding diaryl/α,β-unsaturated/α-hetero) is 1. The molecular weight excluding hydrogens is 331 g/mol. The largest absolute Gasteiger partial charge is 0.496 e. The minimum absolute atomic E-state index is 0.131. The van der Waals surface area contributed by atoms with Gasteiger partial charge in [0.1, 0.15) is 11.6 Å². The van der Waals surface area contributed by atoms with Gasteiger partial charge in [0.15, 0.2) is 5.78 Å². The molecule has 1 aliphatic carbocycles. The van der Waals surface area contributed by atoms with Crippen LogP contribution in [0.2, 0.25) is 0 Å². The average molecular weight is 345 g/mol. The van der Waals surface area contributed by atoms with Crippen molar-refractivity contribution in [2.75, 3.05) is 7.11 Å². The van der Waals surface area contributed by atoms with Gasteiger partial charge in [-0.15, -0.1) is 0 Å². The van der Waals surface area contributed by atoms with Crippen LogP contribution in [0.1, 0.15) is 29.6 Å². The van der Waals surface area contributed by atoms with Gasteiger partial charge in [0.05, 0.1) is 23.1 Å². The van der Waals surface area contributed by atoms with Crippen LogP contribution in [-0.4, -0.2) is 24.0 Å². The smallest absolute Gasteiger partial charge is 0.307 e. The molecule has 20 heavy (non-hydrogen) atoms. The number of ether oxygens (including phenoxy) is 1. The number of methoxy groups -OCH3 is 1. The fraction of sp³-hybridized carbons (Fsp3) is 0.429. The van der Waals surface area contributed by atoms with Gasteiger partial charge in [-0.25, -0.2) is 4.39 Å². The third kappa shape index (κ3) is 2.70. The highest BCUT2D eigenvalue weighted by Gasteiger charge is 2.39. The second-order valence-corrected chi connectivity index (χ2v) is 5.67. The maximum Gasteiger partial charge on any atom is 0.307 e. The summed E-state index contributed by atoms with van der Waals surface area (Å²) in [6, 6.07) is 2.48. The summed E-state index contributed by atoms with van der Waals surface area (Å²) in [4.78, 5) is 23.7. The van der Waals surface area contributed by atoms with Gasteiger partial charge in [-0.3, -0.25) is 9.59 Å². The predicted octanol–water partition coefficient (Wildman–Crippen LogP) is 3.28. The number of carbonyl (C=O) groups is 2. The average Bonchev–Trinajstić information content (AvgIpc) is 2.90. The second kappa shape index (κ2) is 5.91. The third-order valence-corrected chi connectivity index (χ3v) is 4.29. The van der Waals surface area contributed by atoms with Crippen LogP contribution in [0.4, 0.5) is 4.39 Å². The zero-order chi connectivity index (χ0) is 14.9. The summed E-state index contributed by atoms with van der Waals surface area (Å²) < 4.78 is 18.6. The summed E-state index contributed by atoms with van der Waals surface area (Å²) in [5.41, 5.74) is 0.221. The molecule has 0 radical (unpaired) electrons. The van der Waals surface area contributed by atoms with Crippen LogP contribution in [-0.2, 0) is 4.79 Å². The SMILES string of the molecule is COc1cc(F)c(Br)cc1C(=O)C1CCCC1C(=O)O. The van der Waals surface area contributed by atoms with Gasteiger partial charge in [0.25, 0.3) is 0 Å². The van der Waals surface area contributed by atoms with E-state index in [-0.39, 0.29) is 21.6 Å². The fourth-order valence-corrected chi connectivity index (χ4v) is 3.00. The molecule has 1 aromatic rings. The minimum atomic E-state index is -0.957. The Bertz CT molecular complexity index is 558. The summed E-state index contributed by atoms with van der Waals surface area (Å²) in [6.45, 7) is 0. The topological polar surface area (TPSA) is 63.6 Å². The molecule has 1 fully saturated rings. The number of ketones is 1. The molecule has 4 nitrogen and oxygen atoms in total. The zero-order valence-electron chi connectivity index (χ0n) is 10.9. The summed E-state index contributed by atoms with van der Waals surface area (Å²) >= 11 is 3.03. The quantitative estimate of drug-likeness (QED) is 0.851. The van der Waals surface area contributed by atoms with E-state index in [4.69, 9.17) is 9.84 Å². The van der Waals surface area contributed by atoms with E-state index in [1.807, 2.05) is 0 Å². The molecule has 0 amide bonds. The van der Waals surface area contributed by atoms with Gasteiger partial charge in [-0.1, -0.05) is 6.42 Å². The Hall–Kier alpha value is -1.43. The number of carbonyl (C=O) groups excluding carboxylic acids is 1. The van der Waals surface area contributed by atoms with Crippen molar-refractivity contribution in [1.82, 2.24) is 0 Å². The molecule has 1 aromatic carbocycles. The molecule has 0 saturated heterocycles. The number of rotatable bonds is 4. The van der Waals surface area contributed by atoms with Crippen LogP contribution in [0.25, 0.3) is 0 Å². The highest BCUT2D eigenvalue weighted by atomic mass is 79.9. The maximum absolute atomic E-state index is 13.5. The molecule has 0 aromatic heterocycles. The number of hydrogen-bond donors (Lipinski definition) is 1. The van der Waals surface area contributed by atoms with E-state index in [0.717, 1.165) is 6.07 Å². The fourth-order valence-electron chi connectivity index (χ4n) is 2.66. The van der Waals surface area contributed by atoms with E-state index >= 15 is 0 Å². The number of carboxylic acid groups (broad SMARTS) is 1. The van der Waals surface area contributed by atoms with Crippen molar-refractivity contribution in [3.05, 3.63) is 28.0 Å². The molecule has 0 aliphatic heterocycles. The van der Waals surface area contributed by atoms with E-state index < -0.39 is 23.6 Å². The summed E-state index contributed by atoms with van der Waals surface area (Å²) in [6.07, 6.45) is 1.74. The second-order valence-electron chi connectivity index (χ2n) is 4.81. The molecule has 0 bridgehead atoms. The Morgan fingerprint density at radius 1 is 1.35 bits per heavy atom. The molecule has 2 atom stereocenters. The van der Waals surface area contributed by atoms with E-state index in [2.05, 4.69) is 15.9 Å². The summed E-state index contributed by atoms with van der Waals surface area (Å²) in [7, 11) is 1.35. The van der Waals surface area contributed by atoms with Crippen LogP contribution in [0.5, 0.6) is 5.75 Å². The van der Waals surface area contributed by atoms with Crippen LogP contribution in [0.3, 0.4) is 0 Å². The Balaban J connectivity index is 2.38. The van der Waals surface area contributed by atoms with Crippen molar-refractivity contribution in [2.45, 2.75) is 19.3 Å². The van der Waals surface area contributed by atoms with E-state index in [1.165, 1.54) is 13.2 Å². The monoisotopic (exact) mass is 344 g/mol. The minimum Gasteiger partial charge on any atom is -0.496 e. The van der Waals surface area contributed by atoms with Crippen molar-refractivity contribution in [2.24, 2.45) is 11.8 Å². The highest BCUT2D eigenvalue weighted by Crippen LogP contribution is 2.37. The van der Waals surface area contributed by atoms with Crippen LogP contribution in [0, 0.1) is 17.7 Å². The number of aliphatic carboxylic acids is 1. The number of benzene rings is 1. The van der Waals surface area contributed by atoms with Crippen molar-refractivity contribution in [1.29, 1.82) is 0 Å². The standard InChI is InChI=1S/C14H14BrFO4/c1-20-12-6-11(16)10(15)5-9(12)13(17)7-3-2-4-8(7)14(18)19/h5-8H,2-4H2,1H3,(H,18,19). The van der Waals surface area contributed by atoms with Crippen LogP contribution >= 0.6 is 15.9 Å². The molecule has 2 unspecified atom stereocenters. The molecule has 2 rings (SSSR count). The van der Waals surface area contributed by atoms with Gasteiger partial charge < -0.3 is 9.84 Å². The zero-order valence-corrected chi connectivity index (χ0v) is 12.4. The molecule has 108 valence electrons. The van der Waals surface area contributed by atoms with E-state index in [0.29, 0.717) is 19.3 Å². The Morgan fingerprint density at radius 3 is 2.60 bits per heavy atom. The van der Waals surface area contributed by atoms with E-state index in [1.54, 1.807) is 0 Å². The first-order valence-corrected chi connectivity index (χ1v) is 7.05. The lowest BCUT2D eigenvalue weighted by Crippen LogP contribution is -2.25.